The second-order valence-corrected chi connectivity index (χ2v) is 14.4. The van der Waals surface area contributed by atoms with Gasteiger partial charge in [0, 0.05) is 12.8 Å². The monoisotopic (exact) mass is 718 g/mol. The lowest BCUT2D eigenvalue weighted by molar-refractivity contribution is -0.161. The first kappa shape index (κ1) is 47.4. The van der Waals surface area contributed by atoms with E-state index in [1.165, 1.54) is 70.6 Å². The highest BCUT2D eigenvalue weighted by Crippen LogP contribution is 2.43. The van der Waals surface area contributed by atoms with E-state index in [-0.39, 0.29) is 19.4 Å². The molecule has 0 saturated carbocycles. The number of rotatable bonds is 36. The number of hydrogen-bond acceptors (Lipinski definition) is 9. The lowest BCUT2D eigenvalue weighted by Crippen LogP contribution is -2.29. The molecule has 0 aliphatic rings. The van der Waals surface area contributed by atoms with Crippen molar-refractivity contribution in [3.05, 3.63) is 24.3 Å². The fourth-order valence-electron chi connectivity index (χ4n) is 5.10. The molecule has 3 atom stereocenters. The van der Waals surface area contributed by atoms with Gasteiger partial charge < -0.3 is 24.6 Å². The Hall–Kier alpha value is -1.55. The zero-order valence-corrected chi connectivity index (χ0v) is 31.8. The van der Waals surface area contributed by atoms with Crippen LogP contribution in [0.25, 0.3) is 0 Å². The molecule has 11 heteroatoms. The van der Waals surface area contributed by atoms with Gasteiger partial charge in [0.05, 0.1) is 19.8 Å². The maximum atomic E-state index is 12.5. The Kier molecular flexibility index (Phi) is 33.8. The quantitative estimate of drug-likeness (QED) is 0.0248. The molecule has 0 aliphatic carbocycles. The minimum atomic E-state index is -4.61. The molecule has 288 valence electrons. The summed E-state index contributed by atoms with van der Waals surface area (Å²) in [5.74, 6) is -0.941. The van der Waals surface area contributed by atoms with Gasteiger partial charge in [-0.2, -0.15) is 0 Å². The summed E-state index contributed by atoms with van der Waals surface area (Å²) >= 11 is 0. The number of phosphoric ester groups is 1. The Morgan fingerprint density at radius 1 is 0.612 bits per heavy atom. The lowest BCUT2D eigenvalue weighted by Gasteiger charge is -2.20. The van der Waals surface area contributed by atoms with Crippen LogP contribution in [0.1, 0.15) is 168 Å². The van der Waals surface area contributed by atoms with E-state index in [1.54, 1.807) is 0 Å². The summed E-state index contributed by atoms with van der Waals surface area (Å²) in [6, 6.07) is 0. The molecule has 0 heterocycles. The van der Waals surface area contributed by atoms with Crippen molar-refractivity contribution in [2.24, 2.45) is 0 Å². The molecule has 0 amide bonds. The molecular formula is C38H71O10P. The molecule has 0 spiro atoms. The van der Waals surface area contributed by atoms with E-state index >= 15 is 0 Å². The summed E-state index contributed by atoms with van der Waals surface area (Å²) in [6.07, 6.45) is 31.4. The van der Waals surface area contributed by atoms with Crippen molar-refractivity contribution < 1.29 is 47.8 Å². The summed E-state index contributed by atoms with van der Waals surface area (Å²) in [5.41, 5.74) is 0. The average molecular weight is 719 g/mol. The maximum Gasteiger partial charge on any atom is 0.472 e. The first-order valence-corrected chi connectivity index (χ1v) is 20.8. The SMILES string of the molecule is CCCCCC/C=C/C=C/CCCCCCCC(=O)O[C@H](COC(=O)CCCCCCCCCCCCC)COP(=O)(O)OC[C@@H](O)CO. The Bertz CT molecular complexity index is 879. The van der Waals surface area contributed by atoms with E-state index in [1.807, 2.05) is 0 Å². The highest BCUT2D eigenvalue weighted by molar-refractivity contribution is 7.47. The fraction of sp³-hybridized carbons (Fsp3) is 0.842. The summed E-state index contributed by atoms with van der Waals surface area (Å²) in [5, 5.41) is 18.3. The number of aliphatic hydroxyl groups excluding tert-OH is 2. The second kappa shape index (κ2) is 34.9. The first-order chi connectivity index (χ1) is 23.7. The van der Waals surface area contributed by atoms with E-state index in [0.29, 0.717) is 12.8 Å². The van der Waals surface area contributed by atoms with Crippen molar-refractivity contribution in [3.63, 3.8) is 0 Å². The molecule has 0 saturated heterocycles. The van der Waals surface area contributed by atoms with Crippen LogP contribution in [0.5, 0.6) is 0 Å². The van der Waals surface area contributed by atoms with Gasteiger partial charge in [0.1, 0.15) is 12.7 Å². The normalized spacial score (nSPS) is 14.3. The zero-order chi connectivity index (χ0) is 36.3. The van der Waals surface area contributed by atoms with Crippen molar-refractivity contribution in [1.82, 2.24) is 0 Å². The smallest absolute Gasteiger partial charge is 0.462 e. The Balaban J connectivity index is 4.39. The molecule has 0 fully saturated rings. The van der Waals surface area contributed by atoms with Crippen LogP contribution < -0.4 is 0 Å². The van der Waals surface area contributed by atoms with E-state index in [2.05, 4.69) is 42.7 Å². The topological polar surface area (TPSA) is 149 Å². The van der Waals surface area contributed by atoms with Gasteiger partial charge in [-0.3, -0.25) is 18.6 Å². The van der Waals surface area contributed by atoms with E-state index in [0.717, 1.165) is 57.8 Å². The van der Waals surface area contributed by atoms with Gasteiger partial charge in [0.15, 0.2) is 6.10 Å². The second-order valence-electron chi connectivity index (χ2n) is 13.0. The third-order valence-electron chi connectivity index (χ3n) is 8.14. The van der Waals surface area contributed by atoms with Crippen molar-refractivity contribution in [2.45, 2.75) is 180 Å². The van der Waals surface area contributed by atoms with Crippen molar-refractivity contribution in [2.75, 3.05) is 26.4 Å². The van der Waals surface area contributed by atoms with Crippen LogP contribution in [0.4, 0.5) is 0 Å². The van der Waals surface area contributed by atoms with Gasteiger partial charge in [-0.25, -0.2) is 4.57 Å². The third-order valence-corrected chi connectivity index (χ3v) is 9.09. The summed E-state index contributed by atoms with van der Waals surface area (Å²) in [7, 11) is -4.61. The van der Waals surface area contributed by atoms with Gasteiger partial charge in [-0.05, 0) is 38.5 Å². The molecule has 0 rings (SSSR count). The maximum absolute atomic E-state index is 12.5. The van der Waals surface area contributed by atoms with Crippen LogP contribution in [0, 0.1) is 0 Å². The van der Waals surface area contributed by atoms with Gasteiger partial charge >= 0.3 is 19.8 Å². The molecule has 0 bridgehead atoms. The largest absolute Gasteiger partial charge is 0.472 e. The molecule has 0 aromatic carbocycles. The van der Waals surface area contributed by atoms with Gasteiger partial charge in [0.25, 0.3) is 0 Å². The molecule has 0 radical (unpaired) electrons. The highest BCUT2D eigenvalue weighted by Gasteiger charge is 2.27. The number of unbranched alkanes of at least 4 members (excludes halogenated alkanes) is 19. The predicted octanol–water partition coefficient (Wildman–Crippen LogP) is 9.44. The van der Waals surface area contributed by atoms with Crippen molar-refractivity contribution in [1.29, 1.82) is 0 Å². The van der Waals surface area contributed by atoms with Gasteiger partial charge in [-0.15, -0.1) is 0 Å². The highest BCUT2D eigenvalue weighted by atomic mass is 31.2. The minimum Gasteiger partial charge on any atom is -0.462 e. The molecule has 0 aromatic heterocycles. The van der Waals surface area contributed by atoms with Crippen LogP contribution in [-0.4, -0.2) is 65.7 Å². The Labute approximate surface area is 298 Å². The van der Waals surface area contributed by atoms with Crippen LogP contribution >= 0.6 is 7.82 Å². The third kappa shape index (κ3) is 34.7. The van der Waals surface area contributed by atoms with Crippen molar-refractivity contribution in [3.8, 4) is 0 Å². The van der Waals surface area contributed by atoms with Crippen LogP contribution in [0.2, 0.25) is 0 Å². The fourth-order valence-corrected chi connectivity index (χ4v) is 5.89. The van der Waals surface area contributed by atoms with Crippen LogP contribution in [0.3, 0.4) is 0 Å². The number of ether oxygens (including phenoxy) is 2. The predicted molar refractivity (Wildman–Crippen MR) is 196 cm³/mol. The average Bonchev–Trinajstić information content (AvgIpc) is 3.09. The molecule has 0 aromatic rings. The molecule has 49 heavy (non-hydrogen) atoms. The number of allylic oxidation sites excluding steroid dienone is 4. The molecular weight excluding hydrogens is 647 g/mol. The van der Waals surface area contributed by atoms with E-state index < -0.39 is 51.8 Å². The van der Waals surface area contributed by atoms with E-state index in [9.17, 15) is 24.2 Å². The van der Waals surface area contributed by atoms with Gasteiger partial charge in [-0.1, -0.05) is 141 Å². The van der Waals surface area contributed by atoms with E-state index in [4.69, 9.17) is 19.1 Å². The molecule has 0 aliphatic heterocycles. The first-order valence-electron chi connectivity index (χ1n) is 19.3. The van der Waals surface area contributed by atoms with Crippen LogP contribution in [-0.2, 0) is 32.7 Å². The number of aliphatic hydroxyl groups is 2. The molecule has 10 nitrogen and oxygen atoms in total. The number of hydrogen-bond donors (Lipinski definition) is 3. The molecule has 1 unspecified atom stereocenters. The number of esters is 2. The lowest BCUT2D eigenvalue weighted by atomic mass is 10.1. The molecule has 3 N–H and O–H groups in total. The number of carbonyl (C=O) groups is 2. The van der Waals surface area contributed by atoms with Crippen molar-refractivity contribution >= 4 is 19.8 Å². The minimum absolute atomic E-state index is 0.169. The van der Waals surface area contributed by atoms with Crippen LogP contribution in [0.15, 0.2) is 24.3 Å². The number of carbonyl (C=O) groups excluding carboxylic acids is 2. The summed E-state index contributed by atoms with van der Waals surface area (Å²) < 4.78 is 32.5. The summed E-state index contributed by atoms with van der Waals surface area (Å²) in [4.78, 5) is 34.8. The Morgan fingerprint density at radius 2 is 1.04 bits per heavy atom. The summed E-state index contributed by atoms with van der Waals surface area (Å²) in [6.45, 7) is 2.32. The Morgan fingerprint density at radius 3 is 1.55 bits per heavy atom. The standard InChI is InChI=1S/C38H71O10P/c1-3-5-7-9-11-13-15-16-17-18-20-22-24-26-28-30-38(42)48-36(34-47-49(43,44)46-32-35(40)31-39)33-45-37(41)29-27-25-23-21-19-14-12-10-8-6-4-2/h13,15-17,35-36,39-40H,3-12,14,18-34H2,1-2H3,(H,43,44)/b15-13+,17-16+/t35-,36+/m0/s1. The van der Waals surface area contributed by atoms with Gasteiger partial charge in [0.2, 0.25) is 0 Å². The number of phosphoric acid groups is 1. The zero-order valence-electron chi connectivity index (χ0n) is 30.9.